The van der Waals surface area contributed by atoms with Gasteiger partial charge in [0, 0.05) is 11.7 Å². The lowest BCUT2D eigenvalue weighted by Gasteiger charge is -2.36. The quantitative estimate of drug-likeness (QED) is 0.720. The van der Waals surface area contributed by atoms with Gasteiger partial charge < -0.3 is 10.2 Å². The summed E-state index contributed by atoms with van der Waals surface area (Å²) in [5.41, 5.74) is 1.64. The van der Waals surface area contributed by atoms with Crippen LogP contribution < -0.4 is 10.2 Å². The first-order valence-corrected chi connectivity index (χ1v) is 11.1. The number of para-hydroxylation sites is 1. The fourth-order valence-corrected chi connectivity index (χ4v) is 4.72. The molecule has 4 rings (SSSR count). The van der Waals surface area contributed by atoms with Gasteiger partial charge in [-0.05, 0) is 43.4 Å². The van der Waals surface area contributed by atoms with Gasteiger partial charge in [-0.15, -0.1) is 0 Å². The number of fused-ring (bicyclic) bond motifs is 1. The van der Waals surface area contributed by atoms with Gasteiger partial charge in [0.1, 0.15) is 12.1 Å². The summed E-state index contributed by atoms with van der Waals surface area (Å²) in [4.78, 5) is 42.6. The van der Waals surface area contributed by atoms with Crippen LogP contribution in [0.1, 0.15) is 50.7 Å². The summed E-state index contributed by atoms with van der Waals surface area (Å²) in [5.74, 6) is -0.578. The van der Waals surface area contributed by atoms with Crippen LogP contribution in [0.4, 0.5) is 10.5 Å². The molecule has 2 atom stereocenters. The zero-order valence-corrected chi connectivity index (χ0v) is 18.1. The lowest BCUT2D eigenvalue weighted by atomic mass is 9.85. The summed E-state index contributed by atoms with van der Waals surface area (Å²) in [5, 5.41) is 2.92. The third-order valence-electron chi connectivity index (χ3n) is 6.43. The first kappa shape index (κ1) is 21.1. The van der Waals surface area contributed by atoms with E-state index in [9.17, 15) is 14.4 Å². The second-order valence-electron chi connectivity index (χ2n) is 8.48. The van der Waals surface area contributed by atoms with E-state index in [1.54, 1.807) is 4.90 Å². The van der Waals surface area contributed by atoms with Crippen LogP contribution in [-0.4, -0.2) is 35.3 Å². The highest BCUT2D eigenvalue weighted by Gasteiger charge is 2.52. The zero-order chi connectivity index (χ0) is 22.0. The number of imide groups is 1. The second-order valence-corrected chi connectivity index (χ2v) is 8.48. The molecule has 1 N–H and O–H groups in total. The first-order valence-electron chi connectivity index (χ1n) is 11.1. The molecule has 4 amide bonds. The second kappa shape index (κ2) is 8.53. The van der Waals surface area contributed by atoms with E-state index in [1.165, 1.54) is 0 Å². The number of nitrogens with one attached hydrogen (secondary N) is 1. The largest absolute Gasteiger partial charge is 0.325 e. The summed E-state index contributed by atoms with van der Waals surface area (Å²) in [7, 11) is 0. The van der Waals surface area contributed by atoms with Gasteiger partial charge >= 0.3 is 6.03 Å². The van der Waals surface area contributed by atoms with Crippen molar-refractivity contribution in [2.24, 2.45) is 0 Å². The first-order chi connectivity index (χ1) is 15.0. The molecular formula is C25H29N3O3. The van der Waals surface area contributed by atoms with Crippen LogP contribution in [0.15, 0.2) is 54.6 Å². The summed E-state index contributed by atoms with van der Waals surface area (Å²) in [6, 6.07) is 16.7. The van der Waals surface area contributed by atoms with E-state index >= 15 is 0 Å². The number of carbonyl (C=O) groups is 3. The molecule has 2 aromatic rings. The van der Waals surface area contributed by atoms with Crippen molar-refractivity contribution < 1.29 is 14.4 Å². The molecule has 0 aromatic heterocycles. The Labute approximate surface area is 183 Å². The molecule has 2 aliphatic heterocycles. The molecule has 162 valence electrons. The van der Waals surface area contributed by atoms with Gasteiger partial charge in [0.25, 0.3) is 5.91 Å². The Kier molecular flexibility index (Phi) is 5.81. The van der Waals surface area contributed by atoms with E-state index in [4.69, 9.17) is 0 Å². The Hall–Kier alpha value is -3.15. The van der Waals surface area contributed by atoms with E-state index in [0.29, 0.717) is 6.42 Å². The number of rotatable bonds is 6. The molecule has 0 spiro atoms. The van der Waals surface area contributed by atoms with Crippen molar-refractivity contribution in [2.75, 3.05) is 11.4 Å². The number of hydrogen-bond acceptors (Lipinski definition) is 3. The predicted octanol–water partition coefficient (Wildman–Crippen LogP) is 3.99. The van der Waals surface area contributed by atoms with Crippen molar-refractivity contribution in [3.8, 4) is 0 Å². The number of hydrogen-bond donors (Lipinski definition) is 1. The van der Waals surface area contributed by atoms with Crippen LogP contribution in [0.3, 0.4) is 0 Å². The third-order valence-corrected chi connectivity index (χ3v) is 6.43. The lowest BCUT2D eigenvalue weighted by molar-refractivity contribution is -0.135. The maximum absolute atomic E-state index is 13.6. The average Bonchev–Trinajstić information content (AvgIpc) is 3.03. The van der Waals surface area contributed by atoms with Crippen molar-refractivity contribution in [1.29, 1.82) is 0 Å². The summed E-state index contributed by atoms with van der Waals surface area (Å²) >= 11 is 0. The molecule has 6 heteroatoms. The summed E-state index contributed by atoms with van der Waals surface area (Å²) in [6.45, 7) is 3.80. The molecule has 1 fully saturated rings. The van der Waals surface area contributed by atoms with E-state index < -0.39 is 11.6 Å². The highest BCUT2D eigenvalue weighted by atomic mass is 16.2. The van der Waals surface area contributed by atoms with E-state index in [-0.39, 0.29) is 24.4 Å². The van der Waals surface area contributed by atoms with Gasteiger partial charge in [0.05, 0.1) is 0 Å². The van der Waals surface area contributed by atoms with Crippen LogP contribution in [0.25, 0.3) is 0 Å². The Morgan fingerprint density at radius 2 is 1.81 bits per heavy atom. The summed E-state index contributed by atoms with van der Waals surface area (Å²) < 4.78 is 0. The number of urea groups is 1. The fraction of sp³-hybridized carbons (Fsp3) is 0.400. The van der Waals surface area contributed by atoms with Gasteiger partial charge in [-0.25, -0.2) is 4.79 Å². The Balaban J connectivity index is 1.61. The number of anilines is 1. The number of aryl methyl sites for hydroxylation is 1. The molecule has 0 bridgehead atoms. The zero-order valence-electron chi connectivity index (χ0n) is 18.1. The van der Waals surface area contributed by atoms with Crippen LogP contribution >= 0.6 is 0 Å². The van der Waals surface area contributed by atoms with E-state index in [2.05, 4.69) is 12.2 Å². The molecule has 0 aliphatic carbocycles. The molecule has 2 aromatic carbocycles. The Morgan fingerprint density at radius 1 is 1.10 bits per heavy atom. The van der Waals surface area contributed by atoms with Gasteiger partial charge in [-0.2, -0.15) is 0 Å². The third kappa shape index (κ3) is 3.71. The molecule has 31 heavy (non-hydrogen) atoms. The smallest absolute Gasteiger partial charge is 0.319 e. The fourth-order valence-electron chi connectivity index (χ4n) is 4.72. The number of benzene rings is 2. The maximum Gasteiger partial charge on any atom is 0.325 e. The maximum atomic E-state index is 13.6. The topological polar surface area (TPSA) is 69.7 Å². The van der Waals surface area contributed by atoms with Gasteiger partial charge in [-0.1, -0.05) is 68.3 Å². The predicted molar refractivity (Wildman–Crippen MR) is 120 cm³/mol. The lowest BCUT2D eigenvalue weighted by Crippen LogP contribution is -2.49. The van der Waals surface area contributed by atoms with Gasteiger partial charge in [0.15, 0.2) is 0 Å². The SMILES string of the molecule is CCCCC1(c2ccccc2)NC(=O)N(CC(=O)N2c3ccccc3CCC2C)C1=O. The van der Waals surface area contributed by atoms with Crippen molar-refractivity contribution in [1.82, 2.24) is 10.2 Å². The Morgan fingerprint density at radius 3 is 2.55 bits per heavy atom. The van der Waals surface area contributed by atoms with Gasteiger partial charge in [0.2, 0.25) is 5.91 Å². The van der Waals surface area contributed by atoms with E-state index in [0.717, 1.165) is 47.4 Å². The number of nitrogens with zero attached hydrogens (tertiary/aromatic N) is 2. The van der Waals surface area contributed by atoms with Crippen molar-refractivity contribution >= 4 is 23.5 Å². The molecule has 0 saturated carbocycles. The minimum atomic E-state index is -1.11. The van der Waals surface area contributed by atoms with Crippen molar-refractivity contribution in [3.05, 3.63) is 65.7 Å². The number of unbranched alkanes of at least 4 members (excludes halogenated alkanes) is 1. The number of carbonyl (C=O) groups excluding carboxylic acids is 3. The highest BCUT2D eigenvalue weighted by Crippen LogP contribution is 2.35. The molecule has 1 saturated heterocycles. The molecule has 2 unspecified atom stereocenters. The van der Waals surface area contributed by atoms with Crippen LogP contribution in [0, 0.1) is 0 Å². The standard InChI is InChI=1S/C25H29N3O3/c1-3-4-16-25(20-11-6-5-7-12-20)23(30)27(24(31)26-25)17-22(29)28-18(2)14-15-19-10-8-9-13-21(19)28/h5-13,18H,3-4,14-17H2,1-2H3,(H,26,31). The number of amides is 4. The van der Waals surface area contributed by atoms with Crippen LogP contribution in [0.2, 0.25) is 0 Å². The van der Waals surface area contributed by atoms with Gasteiger partial charge in [-0.3, -0.25) is 14.5 Å². The molecular weight excluding hydrogens is 390 g/mol. The molecule has 6 nitrogen and oxygen atoms in total. The average molecular weight is 420 g/mol. The summed E-state index contributed by atoms with van der Waals surface area (Å²) in [6.07, 6.45) is 3.97. The van der Waals surface area contributed by atoms with E-state index in [1.807, 2.05) is 61.5 Å². The monoisotopic (exact) mass is 419 g/mol. The Bertz CT molecular complexity index is 991. The van der Waals surface area contributed by atoms with Crippen LogP contribution in [-0.2, 0) is 21.5 Å². The molecule has 2 aliphatic rings. The minimum absolute atomic E-state index is 0.0159. The normalized spacial score (nSPS) is 23.0. The highest BCUT2D eigenvalue weighted by molar-refractivity contribution is 6.11. The molecule has 0 radical (unpaired) electrons. The minimum Gasteiger partial charge on any atom is -0.319 e. The van der Waals surface area contributed by atoms with Crippen molar-refractivity contribution in [2.45, 2.75) is 57.5 Å². The van der Waals surface area contributed by atoms with Crippen molar-refractivity contribution in [3.63, 3.8) is 0 Å². The van der Waals surface area contributed by atoms with Crippen LogP contribution in [0.5, 0.6) is 0 Å². The molecule has 2 heterocycles.